The second kappa shape index (κ2) is 7.08. The van der Waals surface area contributed by atoms with Gasteiger partial charge in [-0.1, -0.05) is 43.3 Å². The molecule has 0 saturated heterocycles. The van der Waals surface area contributed by atoms with Crippen LogP contribution in [0.3, 0.4) is 0 Å². The molecule has 0 radical (unpaired) electrons. The van der Waals surface area contributed by atoms with Gasteiger partial charge in [-0.25, -0.2) is 0 Å². The number of fused-ring (bicyclic) bond motifs is 3. The number of rotatable bonds is 5. The molecule has 1 aromatic heterocycles. The van der Waals surface area contributed by atoms with E-state index in [1.54, 1.807) is 0 Å². The Kier molecular flexibility index (Phi) is 4.60. The van der Waals surface area contributed by atoms with Gasteiger partial charge < -0.3 is 4.57 Å². The molecule has 0 fully saturated rings. The number of carbonyl (C=O) groups is 2. The van der Waals surface area contributed by atoms with Crippen LogP contribution in [0.15, 0.2) is 60.7 Å². The van der Waals surface area contributed by atoms with E-state index in [2.05, 4.69) is 11.5 Å². The molecule has 0 bridgehead atoms. The molecule has 28 heavy (non-hydrogen) atoms. The summed E-state index contributed by atoms with van der Waals surface area (Å²) in [6, 6.07) is 19.4. The maximum absolute atomic E-state index is 13.1. The zero-order valence-corrected chi connectivity index (χ0v) is 16.5. The van der Waals surface area contributed by atoms with Gasteiger partial charge in [0, 0.05) is 45.9 Å². The van der Waals surface area contributed by atoms with Gasteiger partial charge in [0.1, 0.15) is 0 Å². The summed E-state index contributed by atoms with van der Waals surface area (Å²) in [5.41, 5.74) is 5.14. The molecular weight excluding hydrogens is 346 g/mol. The molecule has 0 aliphatic carbocycles. The number of carbonyl (C=O) groups excluding carboxylic acids is 2. The third kappa shape index (κ3) is 2.75. The van der Waals surface area contributed by atoms with Crippen molar-refractivity contribution in [3.8, 4) is 0 Å². The van der Waals surface area contributed by atoms with Crippen LogP contribution in [0.4, 0.5) is 0 Å². The van der Waals surface area contributed by atoms with Gasteiger partial charge >= 0.3 is 0 Å². The normalized spacial score (nSPS) is 11.2. The van der Waals surface area contributed by atoms with E-state index < -0.39 is 0 Å². The lowest BCUT2D eigenvalue weighted by Gasteiger charge is -2.07. The Bertz CT molecular complexity index is 1230. The van der Waals surface area contributed by atoms with E-state index in [4.69, 9.17) is 0 Å². The van der Waals surface area contributed by atoms with Gasteiger partial charge in [-0.3, -0.25) is 9.59 Å². The Labute approximate surface area is 164 Å². The third-order valence-corrected chi connectivity index (χ3v) is 5.47. The highest BCUT2D eigenvalue weighted by Crippen LogP contribution is 2.33. The predicted octanol–water partition coefficient (Wildman–Crippen LogP) is 5.95. The summed E-state index contributed by atoms with van der Waals surface area (Å²) in [5, 5.41) is 2.04. The van der Waals surface area contributed by atoms with Crippen molar-refractivity contribution >= 4 is 33.4 Å². The number of nitrogens with zero attached hydrogens (tertiary/aromatic N) is 1. The van der Waals surface area contributed by atoms with Gasteiger partial charge in [-0.15, -0.1) is 0 Å². The highest BCUT2D eigenvalue weighted by Gasteiger charge is 2.18. The largest absolute Gasteiger partial charge is 0.340 e. The van der Waals surface area contributed by atoms with Crippen LogP contribution in [-0.4, -0.2) is 16.1 Å². The Hall–Kier alpha value is -3.20. The first-order valence-corrected chi connectivity index (χ1v) is 9.75. The zero-order valence-electron chi connectivity index (χ0n) is 16.5. The number of hydrogen-bond donors (Lipinski definition) is 0. The van der Waals surface area contributed by atoms with E-state index in [0.29, 0.717) is 12.0 Å². The lowest BCUT2D eigenvalue weighted by Crippen LogP contribution is -2.04. The van der Waals surface area contributed by atoms with Crippen LogP contribution in [0.2, 0.25) is 0 Å². The van der Waals surface area contributed by atoms with Gasteiger partial charge in [-0.05, 0) is 43.7 Å². The minimum absolute atomic E-state index is 0.0261. The zero-order chi connectivity index (χ0) is 19.8. The highest BCUT2D eigenvalue weighted by atomic mass is 16.1. The van der Waals surface area contributed by atoms with Crippen molar-refractivity contribution in [2.75, 3.05) is 0 Å². The summed E-state index contributed by atoms with van der Waals surface area (Å²) in [4.78, 5) is 25.6. The average molecular weight is 369 g/mol. The topological polar surface area (TPSA) is 39.1 Å². The van der Waals surface area contributed by atoms with Gasteiger partial charge in [-0.2, -0.15) is 0 Å². The van der Waals surface area contributed by atoms with Crippen LogP contribution in [-0.2, 0) is 6.54 Å². The third-order valence-electron chi connectivity index (χ3n) is 5.47. The molecule has 0 atom stereocenters. The summed E-state index contributed by atoms with van der Waals surface area (Å²) < 4.78 is 2.18. The van der Waals surface area contributed by atoms with Crippen LogP contribution in [0, 0.1) is 6.92 Å². The van der Waals surface area contributed by atoms with Crippen molar-refractivity contribution in [3.05, 3.63) is 82.9 Å². The molecule has 4 rings (SSSR count). The van der Waals surface area contributed by atoms with Crippen LogP contribution in [0.1, 0.15) is 52.1 Å². The fourth-order valence-corrected chi connectivity index (χ4v) is 4.03. The van der Waals surface area contributed by atoms with Crippen molar-refractivity contribution in [1.82, 2.24) is 4.57 Å². The second-order valence-electron chi connectivity index (χ2n) is 7.10. The number of hydrogen-bond acceptors (Lipinski definition) is 2. The Morgan fingerprint density at radius 2 is 1.61 bits per heavy atom. The molecule has 0 N–H and O–H groups in total. The molecule has 4 aromatic rings. The predicted molar refractivity (Wildman–Crippen MR) is 114 cm³/mol. The molecule has 0 aliphatic heterocycles. The summed E-state index contributed by atoms with van der Waals surface area (Å²) >= 11 is 0. The van der Waals surface area contributed by atoms with Crippen molar-refractivity contribution in [1.29, 1.82) is 0 Å². The second-order valence-corrected chi connectivity index (χ2v) is 7.10. The first kappa shape index (κ1) is 18.2. The summed E-state index contributed by atoms with van der Waals surface area (Å²) in [6.07, 6.45) is 0.474. The average Bonchev–Trinajstić information content (AvgIpc) is 3.06. The highest BCUT2D eigenvalue weighted by molar-refractivity contribution is 6.18. The van der Waals surface area contributed by atoms with Crippen molar-refractivity contribution in [2.45, 2.75) is 33.7 Å². The minimum Gasteiger partial charge on any atom is -0.340 e. The van der Waals surface area contributed by atoms with Crippen LogP contribution in [0.5, 0.6) is 0 Å². The van der Waals surface area contributed by atoms with Crippen LogP contribution in [0.25, 0.3) is 21.8 Å². The molecule has 3 nitrogen and oxygen atoms in total. The van der Waals surface area contributed by atoms with Crippen LogP contribution >= 0.6 is 0 Å². The molecule has 0 aliphatic rings. The Morgan fingerprint density at radius 1 is 0.857 bits per heavy atom. The van der Waals surface area contributed by atoms with Crippen molar-refractivity contribution in [3.63, 3.8) is 0 Å². The number of para-hydroxylation sites is 1. The summed E-state index contributed by atoms with van der Waals surface area (Å²) in [7, 11) is 0. The lowest BCUT2D eigenvalue weighted by atomic mass is 9.97. The first-order chi connectivity index (χ1) is 13.6. The fraction of sp³-hybridized carbons (Fsp3) is 0.200. The quantitative estimate of drug-likeness (QED) is 0.408. The molecule has 140 valence electrons. The minimum atomic E-state index is 0.0261. The summed E-state index contributed by atoms with van der Waals surface area (Å²) in [5.74, 6) is 0.164. The van der Waals surface area contributed by atoms with Crippen LogP contribution < -0.4 is 0 Å². The lowest BCUT2D eigenvalue weighted by molar-refractivity contribution is 0.0988. The van der Waals surface area contributed by atoms with Gasteiger partial charge in [0.05, 0.1) is 5.52 Å². The first-order valence-electron chi connectivity index (χ1n) is 9.75. The van der Waals surface area contributed by atoms with E-state index in [9.17, 15) is 9.59 Å². The maximum atomic E-state index is 13.1. The fourth-order valence-electron chi connectivity index (χ4n) is 4.03. The number of benzene rings is 3. The van der Waals surface area contributed by atoms with Gasteiger partial charge in [0.25, 0.3) is 0 Å². The SMILES string of the molecule is CCC(=O)c1cccc2c3cc(C(=O)c4ccccc4C)ccc3n(CC)c12. The van der Waals surface area contributed by atoms with Gasteiger partial charge in [0.2, 0.25) is 0 Å². The molecule has 3 aromatic carbocycles. The van der Waals surface area contributed by atoms with E-state index in [-0.39, 0.29) is 11.6 Å². The number of aryl methyl sites for hydroxylation is 2. The molecule has 0 unspecified atom stereocenters. The van der Waals surface area contributed by atoms with E-state index in [1.807, 2.05) is 74.5 Å². The standard InChI is InChI=1S/C25H23NO2/c1-4-23(27)20-12-8-11-19-21-15-17(13-14-22(21)26(5-2)24(19)20)25(28)18-10-7-6-9-16(18)3/h6-15H,4-5H2,1-3H3. The summed E-state index contributed by atoms with van der Waals surface area (Å²) in [6.45, 7) is 6.69. The monoisotopic (exact) mass is 369 g/mol. The molecule has 0 amide bonds. The molecule has 0 spiro atoms. The number of Topliss-reactive ketones (excluding diaryl/α,β-unsaturated/α-hetero) is 1. The number of ketones is 2. The Balaban J connectivity index is 1.98. The molecular formula is C25H23NO2. The number of aromatic nitrogens is 1. The Morgan fingerprint density at radius 3 is 2.32 bits per heavy atom. The van der Waals surface area contributed by atoms with Crippen molar-refractivity contribution < 1.29 is 9.59 Å². The van der Waals surface area contributed by atoms with Gasteiger partial charge in [0.15, 0.2) is 11.6 Å². The smallest absolute Gasteiger partial charge is 0.193 e. The van der Waals surface area contributed by atoms with Crippen molar-refractivity contribution in [2.24, 2.45) is 0 Å². The van der Waals surface area contributed by atoms with E-state index in [0.717, 1.165) is 45.0 Å². The van der Waals surface area contributed by atoms with E-state index >= 15 is 0 Å². The van der Waals surface area contributed by atoms with E-state index in [1.165, 1.54) is 0 Å². The molecule has 3 heteroatoms. The maximum Gasteiger partial charge on any atom is 0.193 e. The molecule has 0 saturated carbocycles. The molecule has 1 heterocycles.